The second kappa shape index (κ2) is 14.8. The van der Waals surface area contributed by atoms with Crippen LogP contribution in [0, 0.1) is 0 Å². The first-order valence-corrected chi connectivity index (χ1v) is 21.4. The van der Waals surface area contributed by atoms with Gasteiger partial charge in [-0.3, -0.25) is 0 Å². The molecule has 0 radical (unpaired) electrons. The molecule has 0 N–H and O–H groups in total. The molecule has 0 saturated carbocycles. The summed E-state index contributed by atoms with van der Waals surface area (Å²) < 4.78 is 2.47. The second-order valence-electron chi connectivity index (χ2n) is 15.1. The zero-order chi connectivity index (χ0) is 40.1. The normalized spacial score (nSPS) is 13.5. The number of para-hydroxylation sites is 3. The summed E-state index contributed by atoms with van der Waals surface area (Å²) in [6.07, 6.45) is 4.34. The van der Waals surface area contributed by atoms with E-state index in [1.165, 1.54) is 100 Å². The fraction of sp³-hybridized carbons (Fsp3) is 0.123. The highest BCUT2D eigenvalue weighted by molar-refractivity contribution is 6.04. The molecule has 3 aliphatic carbocycles. The van der Waals surface area contributed by atoms with E-state index in [-0.39, 0.29) is 0 Å². The van der Waals surface area contributed by atoms with Crippen LogP contribution >= 0.6 is 0 Å². The molecule has 59 heavy (non-hydrogen) atoms. The summed E-state index contributed by atoms with van der Waals surface area (Å²) in [6.45, 7) is 8.00. The Morgan fingerprint density at radius 2 is 1.03 bits per heavy atom. The molecule has 0 fully saturated rings. The van der Waals surface area contributed by atoms with Crippen LogP contribution in [-0.2, 0) is 11.8 Å². The van der Waals surface area contributed by atoms with Crippen molar-refractivity contribution in [1.29, 1.82) is 0 Å². The Balaban J connectivity index is 0.00000102. The van der Waals surface area contributed by atoms with Crippen LogP contribution in [0.15, 0.2) is 194 Å². The number of hydrogen-bond acceptors (Lipinski definition) is 1. The van der Waals surface area contributed by atoms with Gasteiger partial charge >= 0.3 is 0 Å². The Bertz CT molecular complexity index is 2990. The molecule has 1 spiro atoms. The predicted octanol–water partition coefficient (Wildman–Crippen LogP) is 15.3. The third kappa shape index (κ3) is 5.33. The molecule has 0 atom stereocenters. The molecule has 0 amide bonds. The summed E-state index contributed by atoms with van der Waals surface area (Å²) >= 11 is 0. The Hall–Kier alpha value is -6.90. The zero-order valence-electron chi connectivity index (χ0n) is 34.3. The van der Waals surface area contributed by atoms with Crippen molar-refractivity contribution in [2.45, 2.75) is 46.0 Å². The van der Waals surface area contributed by atoms with E-state index in [0.29, 0.717) is 0 Å². The molecule has 1 heterocycles. The maximum absolute atomic E-state index is 2.53. The van der Waals surface area contributed by atoms with Gasteiger partial charge in [-0.2, -0.15) is 0 Å². The minimum Gasteiger partial charge on any atom is -0.314 e. The lowest BCUT2D eigenvalue weighted by molar-refractivity contribution is 0.799. The topological polar surface area (TPSA) is 8.17 Å². The molecule has 12 rings (SSSR count). The average molecular weight is 761 g/mol. The van der Waals surface area contributed by atoms with Crippen molar-refractivity contribution in [2.75, 3.05) is 4.90 Å². The Morgan fingerprint density at radius 3 is 1.76 bits per heavy atom. The van der Waals surface area contributed by atoms with Crippen LogP contribution in [0.5, 0.6) is 0 Å². The maximum atomic E-state index is 2.53. The predicted molar refractivity (Wildman–Crippen MR) is 251 cm³/mol. The van der Waals surface area contributed by atoms with Crippen molar-refractivity contribution in [1.82, 2.24) is 4.57 Å². The maximum Gasteiger partial charge on any atom is 0.0732 e. The second-order valence-corrected chi connectivity index (χ2v) is 15.1. The van der Waals surface area contributed by atoms with Crippen LogP contribution in [-0.4, -0.2) is 4.57 Å². The van der Waals surface area contributed by atoms with E-state index in [1.54, 1.807) is 0 Å². The van der Waals surface area contributed by atoms with Gasteiger partial charge in [0.15, 0.2) is 0 Å². The quantitative estimate of drug-likeness (QED) is 0.173. The molecule has 286 valence electrons. The molecule has 0 unspecified atom stereocenters. The highest BCUT2D eigenvalue weighted by Crippen LogP contribution is 2.64. The standard InChI is InChI=1S/C53H36N2.2C2H6/c1-3-16-36(17-4-1)54(38-29-32-51-46(33-38)44-23-11-14-26-50(44)55(51)37-18-5-2-6-19-37)39-28-31-43-45-30-27-35-15-7-8-20-40(35)52(45)53(49(43)34-39)47-24-12-9-21-41(47)42-22-10-13-25-48(42)53;2*1-2/h1-28,30-31,33-34H,29,32H2;2*1-2H3. The molecule has 0 bridgehead atoms. The number of hydrogen-bond donors (Lipinski definition) is 0. The molecule has 3 aliphatic rings. The number of rotatable bonds is 4. The van der Waals surface area contributed by atoms with Gasteiger partial charge in [0.25, 0.3) is 0 Å². The highest BCUT2D eigenvalue weighted by Gasteiger charge is 2.52. The van der Waals surface area contributed by atoms with Gasteiger partial charge in [-0.05, 0) is 117 Å². The van der Waals surface area contributed by atoms with Gasteiger partial charge < -0.3 is 9.47 Å². The molecule has 1 aromatic heterocycles. The number of allylic oxidation sites excluding steroid dienone is 1. The summed E-state index contributed by atoms with van der Waals surface area (Å²) in [4.78, 5) is 2.53. The first kappa shape index (κ1) is 36.4. The van der Waals surface area contributed by atoms with Gasteiger partial charge in [0.2, 0.25) is 0 Å². The van der Waals surface area contributed by atoms with E-state index in [0.717, 1.165) is 12.8 Å². The summed E-state index contributed by atoms with van der Waals surface area (Å²) in [5.41, 5.74) is 19.2. The van der Waals surface area contributed by atoms with E-state index < -0.39 is 5.41 Å². The van der Waals surface area contributed by atoms with Gasteiger partial charge in [-0.15, -0.1) is 0 Å². The minimum absolute atomic E-state index is 0.450. The fourth-order valence-corrected chi connectivity index (χ4v) is 10.4. The summed E-state index contributed by atoms with van der Waals surface area (Å²) in [6, 6.07) is 69.9. The molecule has 2 nitrogen and oxygen atoms in total. The fourth-order valence-electron chi connectivity index (χ4n) is 10.4. The number of nitrogens with zero attached hydrogens (tertiary/aromatic N) is 2. The molecule has 0 aliphatic heterocycles. The van der Waals surface area contributed by atoms with E-state index >= 15 is 0 Å². The number of benzene rings is 8. The first-order valence-electron chi connectivity index (χ1n) is 21.4. The van der Waals surface area contributed by atoms with Crippen LogP contribution < -0.4 is 4.90 Å². The summed E-state index contributed by atoms with van der Waals surface area (Å²) in [7, 11) is 0. The molecular weight excluding hydrogens is 713 g/mol. The van der Waals surface area contributed by atoms with Crippen molar-refractivity contribution < 1.29 is 0 Å². The number of fused-ring (bicyclic) bond motifs is 15. The third-order valence-corrected chi connectivity index (χ3v) is 12.5. The number of anilines is 2. The van der Waals surface area contributed by atoms with E-state index in [9.17, 15) is 0 Å². The van der Waals surface area contributed by atoms with Crippen LogP contribution in [0.2, 0.25) is 0 Å². The zero-order valence-corrected chi connectivity index (χ0v) is 34.3. The van der Waals surface area contributed by atoms with Crippen molar-refractivity contribution in [3.8, 4) is 27.9 Å². The highest BCUT2D eigenvalue weighted by atomic mass is 15.2. The van der Waals surface area contributed by atoms with Crippen LogP contribution in [0.25, 0.3) is 55.7 Å². The SMILES string of the molecule is C1=C(N(c2ccccc2)c2ccc3c(c2)C2(c4ccccc4-c4ccccc42)c2c-3ccc3ccccc23)CCc2c1c1ccccc1n2-c1ccccc1.CC.CC. The largest absolute Gasteiger partial charge is 0.314 e. The lowest BCUT2D eigenvalue weighted by Crippen LogP contribution is -2.27. The van der Waals surface area contributed by atoms with Gasteiger partial charge in [0.05, 0.1) is 10.9 Å². The van der Waals surface area contributed by atoms with Crippen LogP contribution in [0.4, 0.5) is 11.4 Å². The van der Waals surface area contributed by atoms with Gasteiger partial charge in [-0.25, -0.2) is 0 Å². The van der Waals surface area contributed by atoms with Crippen molar-refractivity contribution in [2.24, 2.45) is 0 Å². The van der Waals surface area contributed by atoms with E-state index in [4.69, 9.17) is 0 Å². The van der Waals surface area contributed by atoms with Crippen molar-refractivity contribution >= 4 is 39.1 Å². The molecule has 2 heteroatoms. The van der Waals surface area contributed by atoms with Crippen molar-refractivity contribution in [3.05, 3.63) is 227 Å². The van der Waals surface area contributed by atoms with Gasteiger partial charge in [0.1, 0.15) is 0 Å². The minimum atomic E-state index is -0.450. The summed E-state index contributed by atoms with van der Waals surface area (Å²) in [5.74, 6) is 0. The monoisotopic (exact) mass is 760 g/mol. The average Bonchev–Trinajstić information content (AvgIpc) is 3.93. The summed E-state index contributed by atoms with van der Waals surface area (Å²) in [5, 5.41) is 3.89. The molecule has 0 saturated heterocycles. The Kier molecular flexibility index (Phi) is 9.14. The van der Waals surface area contributed by atoms with Gasteiger partial charge in [0, 0.05) is 39.4 Å². The van der Waals surface area contributed by atoms with Crippen LogP contribution in [0.3, 0.4) is 0 Å². The van der Waals surface area contributed by atoms with E-state index in [1.807, 2.05) is 27.7 Å². The smallest absolute Gasteiger partial charge is 0.0732 e. The molecule has 9 aromatic rings. The first-order chi connectivity index (χ1) is 29.3. The Labute approximate surface area is 348 Å². The third-order valence-electron chi connectivity index (χ3n) is 12.5. The lowest BCUT2D eigenvalue weighted by Gasteiger charge is -2.34. The lowest BCUT2D eigenvalue weighted by atomic mass is 9.69. The molecule has 8 aromatic carbocycles. The van der Waals surface area contributed by atoms with Crippen LogP contribution in [0.1, 0.15) is 67.6 Å². The van der Waals surface area contributed by atoms with Crippen molar-refractivity contribution in [3.63, 3.8) is 0 Å². The molecular formula is C57H48N2. The Morgan fingerprint density at radius 1 is 0.458 bits per heavy atom. The number of aromatic nitrogens is 1. The van der Waals surface area contributed by atoms with E-state index in [2.05, 4.69) is 204 Å². The van der Waals surface area contributed by atoms with Gasteiger partial charge in [-0.1, -0.05) is 173 Å².